The summed E-state index contributed by atoms with van der Waals surface area (Å²) in [6.07, 6.45) is 4.81. The fraction of sp³-hybridized carbons (Fsp3) is 0.692. The summed E-state index contributed by atoms with van der Waals surface area (Å²) in [7, 11) is 1.89. The van der Waals surface area contributed by atoms with E-state index in [0.29, 0.717) is 18.9 Å². The Morgan fingerprint density at radius 2 is 2.10 bits per heavy atom. The number of carbonyl (C=O) groups excluding carboxylic acids is 1. The third-order valence-electron chi connectivity index (χ3n) is 3.41. The van der Waals surface area contributed by atoms with Crippen LogP contribution >= 0.6 is 36.2 Å². The fourth-order valence-electron chi connectivity index (χ4n) is 2.29. The van der Waals surface area contributed by atoms with Gasteiger partial charge in [-0.25, -0.2) is 4.98 Å². The van der Waals surface area contributed by atoms with Gasteiger partial charge in [-0.3, -0.25) is 4.79 Å². The normalized spacial score (nSPS) is 15.1. The van der Waals surface area contributed by atoms with Crippen LogP contribution in [0.25, 0.3) is 0 Å². The third kappa shape index (κ3) is 5.95. The molecule has 20 heavy (non-hydrogen) atoms. The van der Waals surface area contributed by atoms with E-state index in [-0.39, 0.29) is 30.7 Å². The number of nitrogens with one attached hydrogen (secondary N) is 1. The maximum Gasteiger partial charge on any atom is 0.222 e. The van der Waals surface area contributed by atoms with Gasteiger partial charge in [0.05, 0.1) is 11.6 Å². The van der Waals surface area contributed by atoms with Gasteiger partial charge in [-0.05, 0) is 38.8 Å². The van der Waals surface area contributed by atoms with E-state index in [1.807, 2.05) is 25.1 Å². The molecule has 1 aromatic heterocycles. The first-order valence-corrected chi connectivity index (χ1v) is 7.33. The van der Waals surface area contributed by atoms with Crippen LogP contribution in [-0.4, -0.2) is 35.9 Å². The highest BCUT2D eigenvalue weighted by atomic mass is 35.5. The Kier molecular flexibility index (Phi) is 9.38. The average Bonchev–Trinajstić information content (AvgIpc) is 2.76. The van der Waals surface area contributed by atoms with Gasteiger partial charge in [-0.1, -0.05) is 0 Å². The number of nitrogens with zero attached hydrogens (tertiary/aromatic N) is 2. The molecule has 0 saturated carbocycles. The summed E-state index contributed by atoms with van der Waals surface area (Å²) in [5.41, 5.74) is 0. The maximum atomic E-state index is 12.1. The lowest BCUT2D eigenvalue weighted by atomic mass is 9.94. The first-order chi connectivity index (χ1) is 8.65. The van der Waals surface area contributed by atoms with Gasteiger partial charge in [0.2, 0.25) is 5.91 Å². The number of aryl methyl sites for hydroxylation is 1. The highest BCUT2D eigenvalue weighted by molar-refractivity contribution is 7.11. The van der Waals surface area contributed by atoms with Crippen molar-refractivity contribution in [2.75, 3.05) is 20.1 Å². The van der Waals surface area contributed by atoms with Crippen molar-refractivity contribution in [3.63, 3.8) is 0 Å². The molecule has 2 heterocycles. The van der Waals surface area contributed by atoms with Crippen LogP contribution in [0.4, 0.5) is 0 Å². The van der Waals surface area contributed by atoms with E-state index in [0.717, 1.165) is 35.8 Å². The molecule has 1 N–H and O–H groups in total. The van der Waals surface area contributed by atoms with E-state index in [9.17, 15) is 4.79 Å². The lowest BCUT2D eigenvalue weighted by Gasteiger charge is -2.24. The fourth-order valence-corrected chi connectivity index (χ4v) is 3.14. The van der Waals surface area contributed by atoms with Crippen LogP contribution in [0.3, 0.4) is 0 Å². The number of piperidine rings is 1. The zero-order valence-corrected chi connectivity index (χ0v) is 14.4. The number of hydrogen-bond acceptors (Lipinski definition) is 4. The monoisotopic (exact) mass is 339 g/mol. The Bertz CT molecular complexity index is 408. The Morgan fingerprint density at radius 3 is 2.65 bits per heavy atom. The summed E-state index contributed by atoms with van der Waals surface area (Å²) in [6.45, 7) is 4.78. The molecule has 0 aliphatic carbocycles. The highest BCUT2D eigenvalue weighted by Gasteiger charge is 2.19. The maximum absolute atomic E-state index is 12.1. The van der Waals surface area contributed by atoms with Gasteiger partial charge >= 0.3 is 0 Å². The van der Waals surface area contributed by atoms with Gasteiger partial charge in [0, 0.05) is 24.5 Å². The van der Waals surface area contributed by atoms with Crippen LogP contribution in [0.1, 0.15) is 29.1 Å². The molecule has 0 radical (unpaired) electrons. The van der Waals surface area contributed by atoms with E-state index in [1.54, 1.807) is 11.3 Å². The first kappa shape index (κ1) is 19.6. The smallest absolute Gasteiger partial charge is 0.222 e. The largest absolute Gasteiger partial charge is 0.341 e. The molecule has 0 spiro atoms. The Balaban J connectivity index is 0.00000180. The molecule has 116 valence electrons. The van der Waals surface area contributed by atoms with Gasteiger partial charge in [0.25, 0.3) is 0 Å². The van der Waals surface area contributed by atoms with E-state index in [2.05, 4.69) is 10.3 Å². The van der Waals surface area contributed by atoms with Gasteiger partial charge in [-0.2, -0.15) is 0 Å². The molecule has 1 amide bonds. The van der Waals surface area contributed by atoms with Crippen LogP contribution in [0.5, 0.6) is 0 Å². The number of aromatic nitrogens is 1. The zero-order valence-electron chi connectivity index (χ0n) is 11.9. The second kappa shape index (κ2) is 9.55. The van der Waals surface area contributed by atoms with Crippen molar-refractivity contribution >= 4 is 42.1 Å². The van der Waals surface area contributed by atoms with Gasteiger partial charge in [-0.15, -0.1) is 36.2 Å². The molecule has 1 fully saturated rings. The standard InChI is InChI=1S/C13H21N3OS.2ClH/c1-10-15-8-12(18-10)9-16(2)13(17)7-11-3-5-14-6-4-11;;/h8,11,14H,3-7,9H2,1-2H3;2*1H. The van der Waals surface area contributed by atoms with Crippen molar-refractivity contribution in [3.8, 4) is 0 Å². The molecule has 0 atom stereocenters. The predicted molar refractivity (Wildman–Crippen MR) is 88.0 cm³/mol. The van der Waals surface area contributed by atoms with E-state index in [1.165, 1.54) is 0 Å². The van der Waals surface area contributed by atoms with Gasteiger partial charge in [0.1, 0.15) is 0 Å². The SMILES string of the molecule is Cc1ncc(CN(C)C(=O)CC2CCNCC2)s1.Cl.Cl. The van der Waals surface area contributed by atoms with Crippen molar-refractivity contribution in [3.05, 3.63) is 16.1 Å². The molecule has 1 aromatic rings. The molecular formula is C13H23Cl2N3OS. The summed E-state index contributed by atoms with van der Waals surface area (Å²) in [5, 5.41) is 4.39. The van der Waals surface area contributed by atoms with E-state index < -0.39 is 0 Å². The Hall–Kier alpha value is -0.360. The molecule has 0 unspecified atom stereocenters. The van der Waals surface area contributed by atoms with Gasteiger partial charge < -0.3 is 10.2 Å². The van der Waals surface area contributed by atoms with Crippen molar-refractivity contribution in [1.29, 1.82) is 0 Å². The molecule has 1 aliphatic heterocycles. The predicted octanol–water partition coefficient (Wildman–Crippen LogP) is 2.64. The number of hydrogen-bond donors (Lipinski definition) is 1. The highest BCUT2D eigenvalue weighted by Crippen LogP contribution is 2.18. The molecular weight excluding hydrogens is 317 g/mol. The minimum Gasteiger partial charge on any atom is -0.341 e. The van der Waals surface area contributed by atoms with Crippen molar-refractivity contribution < 1.29 is 4.79 Å². The lowest BCUT2D eigenvalue weighted by Crippen LogP contribution is -2.33. The lowest BCUT2D eigenvalue weighted by molar-refractivity contribution is -0.131. The molecule has 2 rings (SSSR count). The minimum absolute atomic E-state index is 0. The summed E-state index contributed by atoms with van der Waals surface area (Å²) < 4.78 is 0. The number of thiazole rings is 1. The molecule has 0 aromatic carbocycles. The second-order valence-corrected chi connectivity index (χ2v) is 6.31. The number of amides is 1. The number of rotatable bonds is 4. The zero-order chi connectivity index (χ0) is 13.0. The molecule has 4 nitrogen and oxygen atoms in total. The molecule has 1 saturated heterocycles. The summed E-state index contributed by atoms with van der Waals surface area (Å²) in [5.74, 6) is 0.817. The molecule has 7 heteroatoms. The van der Waals surface area contributed by atoms with Crippen LogP contribution in [-0.2, 0) is 11.3 Å². The third-order valence-corrected chi connectivity index (χ3v) is 4.31. The summed E-state index contributed by atoms with van der Waals surface area (Å²) >= 11 is 1.66. The average molecular weight is 340 g/mol. The first-order valence-electron chi connectivity index (χ1n) is 6.51. The Morgan fingerprint density at radius 1 is 1.45 bits per heavy atom. The Labute approximate surface area is 137 Å². The van der Waals surface area contributed by atoms with Crippen molar-refractivity contribution in [1.82, 2.24) is 15.2 Å². The quantitative estimate of drug-likeness (QED) is 0.917. The number of halogens is 2. The van der Waals surface area contributed by atoms with Crippen molar-refractivity contribution in [2.45, 2.75) is 32.7 Å². The van der Waals surface area contributed by atoms with Crippen LogP contribution in [0.2, 0.25) is 0 Å². The second-order valence-electron chi connectivity index (χ2n) is 4.99. The minimum atomic E-state index is 0. The van der Waals surface area contributed by atoms with Gasteiger partial charge in [0.15, 0.2) is 0 Å². The molecule has 0 bridgehead atoms. The van der Waals surface area contributed by atoms with Crippen LogP contribution < -0.4 is 5.32 Å². The molecule has 1 aliphatic rings. The van der Waals surface area contributed by atoms with E-state index in [4.69, 9.17) is 0 Å². The van der Waals surface area contributed by atoms with Crippen LogP contribution in [0, 0.1) is 12.8 Å². The van der Waals surface area contributed by atoms with Crippen LogP contribution in [0.15, 0.2) is 6.20 Å². The number of carbonyl (C=O) groups is 1. The summed E-state index contributed by atoms with van der Waals surface area (Å²) in [4.78, 5) is 19.3. The van der Waals surface area contributed by atoms with Crippen molar-refractivity contribution in [2.24, 2.45) is 5.92 Å². The van der Waals surface area contributed by atoms with E-state index >= 15 is 0 Å². The topological polar surface area (TPSA) is 45.2 Å². The summed E-state index contributed by atoms with van der Waals surface area (Å²) in [6, 6.07) is 0.